The van der Waals surface area contributed by atoms with Crippen LogP contribution in [0.4, 0.5) is 5.69 Å². The van der Waals surface area contributed by atoms with Gasteiger partial charge in [0.05, 0.1) is 30.7 Å². The van der Waals surface area contributed by atoms with Crippen LogP contribution in [0.15, 0.2) is 18.3 Å². The Hall–Kier alpha value is -1.13. The normalized spacial score (nSPS) is 21.3. The predicted molar refractivity (Wildman–Crippen MR) is 76.4 cm³/mol. The molecule has 0 aromatic carbocycles. The van der Waals surface area contributed by atoms with Crippen LogP contribution in [0.25, 0.3) is 0 Å². The minimum absolute atomic E-state index is 0.112. The molecular formula is C15H24N2O2. The predicted octanol–water partition coefficient (Wildman–Crippen LogP) is 1.87. The zero-order chi connectivity index (χ0) is 13.9. The molecule has 1 fully saturated rings. The minimum Gasteiger partial charge on any atom is -0.390 e. The number of rotatable bonds is 3. The summed E-state index contributed by atoms with van der Waals surface area (Å²) in [6.07, 6.45) is 2.88. The van der Waals surface area contributed by atoms with Crippen molar-refractivity contribution in [3.05, 3.63) is 24.0 Å². The molecule has 1 atom stereocenters. The van der Waals surface area contributed by atoms with Gasteiger partial charge >= 0.3 is 0 Å². The summed E-state index contributed by atoms with van der Waals surface area (Å²) in [7, 11) is 0. The molecule has 2 rings (SSSR count). The van der Waals surface area contributed by atoms with Crippen molar-refractivity contribution in [3.63, 3.8) is 0 Å². The van der Waals surface area contributed by atoms with Gasteiger partial charge in [-0.05, 0) is 32.4 Å². The second-order valence-corrected chi connectivity index (χ2v) is 5.73. The standard InChI is InChI=1S/C15H24N2O2/c1-4-13-5-6-14(9-16-13)17-7-8-19-11-12(10-17)15(2,3)18/h5-6,9,12,18H,4,7-8,10-11H2,1-3H3. The van der Waals surface area contributed by atoms with Gasteiger partial charge in [0.2, 0.25) is 0 Å². The largest absolute Gasteiger partial charge is 0.390 e. The van der Waals surface area contributed by atoms with Crippen LogP contribution >= 0.6 is 0 Å². The first-order valence-corrected chi connectivity index (χ1v) is 7.00. The lowest BCUT2D eigenvalue weighted by Crippen LogP contribution is -2.41. The SMILES string of the molecule is CCc1ccc(N2CCOCC(C(C)(C)O)C2)cn1. The third kappa shape index (κ3) is 3.67. The molecule has 1 saturated heterocycles. The average Bonchev–Trinajstić information content (AvgIpc) is 2.64. The Balaban J connectivity index is 2.13. The smallest absolute Gasteiger partial charge is 0.0658 e. The van der Waals surface area contributed by atoms with Crippen LogP contribution in [0.5, 0.6) is 0 Å². The highest BCUT2D eigenvalue weighted by atomic mass is 16.5. The summed E-state index contributed by atoms with van der Waals surface area (Å²) in [5.41, 5.74) is 1.49. The maximum atomic E-state index is 10.2. The van der Waals surface area contributed by atoms with Crippen molar-refractivity contribution in [2.24, 2.45) is 5.92 Å². The van der Waals surface area contributed by atoms with Crippen molar-refractivity contribution in [2.75, 3.05) is 31.2 Å². The lowest BCUT2D eigenvalue weighted by atomic mass is 9.91. The Morgan fingerprint density at radius 2 is 2.26 bits per heavy atom. The fourth-order valence-electron chi connectivity index (χ4n) is 2.29. The van der Waals surface area contributed by atoms with E-state index in [1.807, 2.05) is 20.0 Å². The third-order valence-electron chi connectivity index (χ3n) is 3.80. The lowest BCUT2D eigenvalue weighted by molar-refractivity contribution is -0.0158. The number of aryl methyl sites for hydroxylation is 1. The molecule has 0 aliphatic carbocycles. The molecule has 1 aromatic rings. The van der Waals surface area contributed by atoms with Crippen LogP contribution in [-0.2, 0) is 11.2 Å². The topological polar surface area (TPSA) is 45.6 Å². The van der Waals surface area contributed by atoms with Crippen molar-refractivity contribution in [2.45, 2.75) is 32.8 Å². The van der Waals surface area contributed by atoms with Crippen LogP contribution < -0.4 is 4.90 Å². The minimum atomic E-state index is -0.723. The summed E-state index contributed by atoms with van der Waals surface area (Å²) < 4.78 is 5.61. The molecule has 0 radical (unpaired) electrons. The summed E-state index contributed by atoms with van der Waals surface area (Å²) >= 11 is 0. The van der Waals surface area contributed by atoms with Gasteiger partial charge in [-0.25, -0.2) is 0 Å². The monoisotopic (exact) mass is 264 g/mol. The Morgan fingerprint density at radius 1 is 1.47 bits per heavy atom. The van der Waals surface area contributed by atoms with Gasteiger partial charge in [-0.3, -0.25) is 4.98 Å². The summed E-state index contributed by atoms with van der Waals surface area (Å²) in [6, 6.07) is 4.18. The van der Waals surface area contributed by atoms with Crippen LogP contribution in [0.1, 0.15) is 26.5 Å². The molecule has 106 valence electrons. The fourth-order valence-corrected chi connectivity index (χ4v) is 2.29. The molecular weight excluding hydrogens is 240 g/mol. The van der Waals surface area contributed by atoms with E-state index in [0.29, 0.717) is 13.2 Å². The summed E-state index contributed by atoms with van der Waals surface area (Å²) in [5, 5.41) is 10.2. The van der Waals surface area contributed by atoms with Gasteiger partial charge in [0.25, 0.3) is 0 Å². The van der Waals surface area contributed by atoms with Crippen molar-refractivity contribution in [3.8, 4) is 0 Å². The molecule has 2 heterocycles. The molecule has 4 heteroatoms. The van der Waals surface area contributed by atoms with Crippen LogP contribution in [0, 0.1) is 5.92 Å². The number of pyridine rings is 1. The van der Waals surface area contributed by atoms with E-state index < -0.39 is 5.60 Å². The molecule has 0 saturated carbocycles. The average molecular weight is 264 g/mol. The number of aliphatic hydroxyl groups is 1. The van der Waals surface area contributed by atoms with E-state index in [9.17, 15) is 5.11 Å². The van der Waals surface area contributed by atoms with Gasteiger partial charge in [0.15, 0.2) is 0 Å². The first-order chi connectivity index (χ1) is 9.00. The second kappa shape index (κ2) is 5.88. The Morgan fingerprint density at radius 3 is 2.84 bits per heavy atom. The zero-order valence-electron chi connectivity index (χ0n) is 12.1. The zero-order valence-corrected chi connectivity index (χ0v) is 12.1. The highest BCUT2D eigenvalue weighted by Gasteiger charge is 2.30. The number of aromatic nitrogens is 1. The molecule has 1 aromatic heterocycles. The van der Waals surface area contributed by atoms with Gasteiger partial charge in [-0.15, -0.1) is 0 Å². The van der Waals surface area contributed by atoms with E-state index >= 15 is 0 Å². The van der Waals surface area contributed by atoms with Gasteiger partial charge in [0.1, 0.15) is 0 Å². The maximum absolute atomic E-state index is 10.2. The first kappa shape index (κ1) is 14.3. The van der Waals surface area contributed by atoms with Gasteiger partial charge in [-0.2, -0.15) is 0 Å². The quantitative estimate of drug-likeness (QED) is 0.905. The van der Waals surface area contributed by atoms with E-state index in [4.69, 9.17) is 4.74 Å². The Bertz CT molecular complexity index is 398. The van der Waals surface area contributed by atoms with Crippen molar-refractivity contribution < 1.29 is 9.84 Å². The molecule has 19 heavy (non-hydrogen) atoms. The third-order valence-corrected chi connectivity index (χ3v) is 3.80. The molecule has 1 aliphatic rings. The van der Waals surface area contributed by atoms with E-state index in [2.05, 4.69) is 28.9 Å². The lowest BCUT2D eigenvalue weighted by Gasteiger charge is -2.32. The summed E-state index contributed by atoms with van der Waals surface area (Å²) in [6.45, 7) is 8.76. The number of hydrogen-bond acceptors (Lipinski definition) is 4. The summed E-state index contributed by atoms with van der Waals surface area (Å²) in [4.78, 5) is 6.70. The van der Waals surface area contributed by atoms with Crippen molar-refractivity contribution in [1.82, 2.24) is 4.98 Å². The fraction of sp³-hybridized carbons (Fsp3) is 0.667. The van der Waals surface area contributed by atoms with Crippen molar-refractivity contribution in [1.29, 1.82) is 0 Å². The van der Waals surface area contributed by atoms with Crippen LogP contribution in [0.3, 0.4) is 0 Å². The number of nitrogens with zero attached hydrogens (tertiary/aromatic N) is 2. The van der Waals surface area contributed by atoms with E-state index in [1.165, 1.54) is 0 Å². The van der Waals surface area contributed by atoms with Gasteiger partial charge < -0.3 is 14.7 Å². The molecule has 1 unspecified atom stereocenters. The number of ether oxygens (including phenoxy) is 1. The molecule has 1 N–H and O–H groups in total. The Kier molecular flexibility index (Phi) is 4.42. The molecule has 1 aliphatic heterocycles. The molecule has 4 nitrogen and oxygen atoms in total. The molecule has 0 spiro atoms. The van der Waals surface area contributed by atoms with E-state index in [1.54, 1.807) is 0 Å². The number of hydrogen-bond donors (Lipinski definition) is 1. The van der Waals surface area contributed by atoms with Gasteiger partial charge in [-0.1, -0.05) is 6.92 Å². The van der Waals surface area contributed by atoms with E-state index in [0.717, 1.165) is 30.9 Å². The van der Waals surface area contributed by atoms with E-state index in [-0.39, 0.29) is 5.92 Å². The Labute approximate surface area is 115 Å². The van der Waals surface area contributed by atoms with Crippen molar-refractivity contribution >= 4 is 5.69 Å². The van der Waals surface area contributed by atoms with Crippen LogP contribution in [0.2, 0.25) is 0 Å². The summed E-state index contributed by atoms with van der Waals surface area (Å²) in [5.74, 6) is 0.112. The van der Waals surface area contributed by atoms with Crippen LogP contribution in [-0.4, -0.2) is 42.0 Å². The second-order valence-electron chi connectivity index (χ2n) is 5.73. The number of anilines is 1. The van der Waals surface area contributed by atoms with Gasteiger partial charge in [0, 0.05) is 24.7 Å². The highest BCUT2D eigenvalue weighted by molar-refractivity contribution is 5.45. The first-order valence-electron chi connectivity index (χ1n) is 7.00. The molecule has 0 amide bonds. The maximum Gasteiger partial charge on any atom is 0.0658 e. The highest BCUT2D eigenvalue weighted by Crippen LogP contribution is 2.24. The molecule has 0 bridgehead atoms.